The molecule has 1 N–H and O–H groups in total. The Kier molecular flexibility index (Phi) is 5.18. The number of hydrogen-bond donors (Lipinski definition) is 1. The van der Waals surface area contributed by atoms with Gasteiger partial charge in [-0.25, -0.2) is 0 Å². The first kappa shape index (κ1) is 15.0. The van der Waals surface area contributed by atoms with E-state index in [1.807, 2.05) is 6.92 Å². The fourth-order valence-corrected chi connectivity index (χ4v) is 3.21. The number of carbonyl (C=O) groups is 1. The molecule has 0 aromatic heterocycles. The number of hydrogen-bond acceptors (Lipinski definition) is 2. The van der Waals surface area contributed by atoms with Crippen LogP contribution in [0, 0.1) is 5.92 Å². The molecule has 1 saturated heterocycles. The summed E-state index contributed by atoms with van der Waals surface area (Å²) in [5.41, 5.74) is 1.40. The van der Waals surface area contributed by atoms with E-state index in [-0.39, 0.29) is 11.9 Å². The van der Waals surface area contributed by atoms with Gasteiger partial charge in [-0.15, -0.1) is 0 Å². The lowest BCUT2D eigenvalue weighted by Crippen LogP contribution is -2.48. The lowest BCUT2D eigenvalue weighted by atomic mass is 9.98. The van der Waals surface area contributed by atoms with Crippen LogP contribution in [-0.2, 0) is 4.79 Å². The Balaban J connectivity index is 2.04. The summed E-state index contributed by atoms with van der Waals surface area (Å²) in [7, 11) is 0. The van der Waals surface area contributed by atoms with Gasteiger partial charge in [0.05, 0.1) is 6.04 Å². The van der Waals surface area contributed by atoms with Crippen LogP contribution in [0.4, 0.5) is 0 Å². The van der Waals surface area contributed by atoms with Gasteiger partial charge in [0, 0.05) is 13.1 Å². The molecule has 2 rings (SSSR count). The van der Waals surface area contributed by atoms with Gasteiger partial charge in [0.25, 0.3) is 0 Å². The average Bonchev–Trinajstić information content (AvgIpc) is 2.89. The topological polar surface area (TPSA) is 32.3 Å². The number of benzene rings is 1. The lowest BCUT2D eigenvalue weighted by molar-refractivity contribution is -0.127. The highest BCUT2D eigenvalue weighted by molar-refractivity contribution is 5.82. The van der Waals surface area contributed by atoms with E-state index in [0.29, 0.717) is 18.4 Å². The lowest BCUT2D eigenvalue weighted by Gasteiger charge is -2.30. The Morgan fingerprint density at radius 2 is 2.05 bits per heavy atom. The van der Waals surface area contributed by atoms with Gasteiger partial charge in [0.2, 0.25) is 5.91 Å². The van der Waals surface area contributed by atoms with Crippen molar-refractivity contribution in [2.75, 3.05) is 19.6 Å². The van der Waals surface area contributed by atoms with Crippen molar-refractivity contribution in [2.45, 2.75) is 39.2 Å². The molecule has 0 aliphatic carbocycles. The van der Waals surface area contributed by atoms with Gasteiger partial charge < -0.3 is 5.32 Å². The zero-order valence-corrected chi connectivity index (χ0v) is 12.8. The van der Waals surface area contributed by atoms with Gasteiger partial charge in [-0.2, -0.15) is 0 Å². The van der Waals surface area contributed by atoms with Gasteiger partial charge in [-0.05, 0) is 37.3 Å². The molecule has 0 radical (unpaired) electrons. The highest BCUT2D eigenvalue weighted by Gasteiger charge is 2.34. The van der Waals surface area contributed by atoms with Crippen molar-refractivity contribution < 1.29 is 4.79 Å². The predicted octanol–water partition coefficient (Wildman–Crippen LogP) is 2.64. The SMILES string of the molecule is CCNC(=O)C(C(C)C)N1CCC(c2ccccc2)C1. The van der Waals surface area contributed by atoms with Crippen molar-refractivity contribution in [2.24, 2.45) is 5.92 Å². The van der Waals surface area contributed by atoms with E-state index in [2.05, 4.69) is 54.4 Å². The van der Waals surface area contributed by atoms with Gasteiger partial charge in [-0.1, -0.05) is 44.2 Å². The number of amides is 1. The Morgan fingerprint density at radius 1 is 1.35 bits per heavy atom. The number of nitrogens with zero attached hydrogens (tertiary/aromatic N) is 1. The van der Waals surface area contributed by atoms with Gasteiger partial charge >= 0.3 is 0 Å². The van der Waals surface area contributed by atoms with Gasteiger partial charge in [0.1, 0.15) is 0 Å². The molecule has 0 saturated carbocycles. The fourth-order valence-electron chi connectivity index (χ4n) is 3.21. The third kappa shape index (κ3) is 3.40. The second-order valence-electron chi connectivity index (χ2n) is 5.97. The summed E-state index contributed by atoms with van der Waals surface area (Å²) < 4.78 is 0. The van der Waals surface area contributed by atoms with Crippen molar-refractivity contribution in [1.82, 2.24) is 10.2 Å². The molecule has 2 unspecified atom stereocenters. The highest BCUT2D eigenvalue weighted by Crippen LogP contribution is 2.29. The van der Waals surface area contributed by atoms with E-state index < -0.39 is 0 Å². The van der Waals surface area contributed by atoms with Crippen LogP contribution in [0.25, 0.3) is 0 Å². The maximum atomic E-state index is 12.3. The van der Waals surface area contributed by atoms with Crippen LogP contribution in [0.3, 0.4) is 0 Å². The van der Waals surface area contributed by atoms with Crippen molar-refractivity contribution in [3.05, 3.63) is 35.9 Å². The summed E-state index contributed by atoms with van der Waals surface area (Å²) in [5, 5.41) is 2.98. The predicted molar refractivity (Wildman–Crippen MR) is 82.7 cm³/mol. The van der Waals surface area contributed by atoms with E-state index in [1.165, 1.54) is 5.56 Å². The fraction of sp³-hybridized carbons (Fsp3) is 0.588. The Bertz CT molecular complexity index is 430. The van der Waals surface area contributed by atoms with Crippen LogP contribution in [0.15, 0.2) is 30.3 Å². The minimum absolute atomic E-state index is 0.00339. The quantitative estimate of drug-likeness (QED) is 0.895. The zero-order chi connectivity index (χ0) is 14.5. The molecule has 1 aromatic rings. The van der Waals surface area contributed by atoms with Crippen molar-refractivity contribution in [3.8, 4) is 0 Å². The van der Waals surface area contributed by atoms with Crippen molar-refractivity contribution >= 4 is 5.91 Å². The molecular weight excluding hydrogens is 248 g/mol. The van der Waals surface area contributed by atoms with Crippen LogP contribution in [-0.4, -0.2) is 36.5 Å². The number of rotatable bonds is 5. The van der Waals surface area contributed by atoms with Crippen LogP contribution >= 0.6 is 0 Å². The second-order valence-corrected chi connectivity index (χ2v) is 5.97. The first-order valence-electron chi connectivity index (χ1n) is 7.70. The Labute approximate surface area is 122 Å². The van der Waals surface area contributed by atoms with Crippen LogP contribution in [0.1, 0.15) is 38.7 Å². The zero-order valence-electron chi connectivity index (χ0n) is 12.8. The second kappa shape index (κ2) is 6.89. The van der Waals surface area contributed by atoms with Crippen molar-refractivity contribution in [3.63, 3.8) is 0 Å². The van der Waals surface area contributed by atoms with E-state index in [4.69, 9.17) is 0 Å². The number of carbonyl (C=O) groups excluding carboxylic acids is 1. The third-order valence-corrected chi connectivity index (χ3v) is 4.14. The molecule has 2 atom stereocenters. The molecule has 1 aromatic carbocycles. The van der Waals surface area contributed by atoms with E-state index in [0.717, 1.165) is 19.5 Å². The third-order valence-electron chi connectivity index (χ3n) is 4.14. The molecule has 20 heavy (non-hydrogen) atoms. The molecule has 1 aliphatic heterocycles. The average molecular weight is 274 g/mol. The summed E-state index contributed by atoms with van der Waals surface area (Å²) in [6.45, 7) is 8.96. The minimum atomic E-state index is 0.00339. The molecule has 1 heterocycles. The van der Waals surface area contributed by atoms with Crippen LogP contribution < -0.4 is 5.32 Å². The Morgan fingerprint density at radius 3 is 2.65 bits per heavy atom. The molecule has 0 bridgehead atoms. The molecule has 0 spiro atoms. The summed E-state index contributed by atoms with van der Waals surface area (Å²) in [6, 6.07) is 10.7. The van der Waals surface area contributed by atoms with Crippen LogP contribution in [0.2, 0.25) is 0 Å². The van der Waals surface area contributed by atoms with Crippen LogP contribution in [0.5, 0.6) is 0 Å². The largest absolute Gasteiger partial charge is 0.355 e. The van der Waals surface area contributed by atoms with E-state index >= 15 is 0 Å². The van der Waals surface area contributed by atoms with E-state index in [9.17, 15) is 4.79 Å². The van der Waals surface area contributed by atoms with Gasteiger partial charge in [0.15, 0.2) is 0 Å². The number of likely N-dealkylation sites (tertiary alicyclic amines) is 1. The number of likely N-dealkylation sites (N-methyl/N-ethyl adjacent to an activating group) is 1. The standard InChI is InChI=1S/C17H26N2O/c1-4-18-17(20)16(13(2)3)19-11-10-15(12-19)14-8-6-5-7-9-14/h5-9,13,15-16H,4,10-12H2,1-3H3,(H,18,20). The summed E-state index contributed by atoms with van der Waals surface area (Å²) in [4.78, 5) is 14.6. The molecule has 110 valence electrons. The molecule has 3 nitrogen and oxygen atoms in total. The monoisotopic (exact) mass is 274 g/mol. The summed E-state index contributed by atoms with van der Waals surface area (Å²) >= 11 is 0. The molecule has 3 heteroatoms. The highest BCUT2D eigenvalue weighted by atomic mass is 16.2. The summed E-state index contributed by atoms with van der Waals surface area (Å²) in [5.74, 6) is 1.08. The normalized spacial score (nSPS) is 21.1. The first-order chi connectivity index (χ1) is 9.63. The smallest absolute Gasteiger partial charge is 0.237 e. The minimum Gasteiger partial charge on any atom is -0.355 e. The maximum Gasteiger partial charge on any atom is 0.237 e. The van der Waals surface area contributed by atoms with E-state index in [1.54, 1.807) is 0 Å². The van der Waals surface area contributed by atoms with Gasteiger partial charge in [-0.3, -0.25) is 9.69 Å². The number of nitrogens with one attached hydrogen (secondary N) is 1. The first-order valence-corrected chi connectivity index (χ1v) is 7.70. The van der Waals surface area contributed by atoms with Crippen molar-refractivity contribution in [1.29, 1.82) is 0 Å². The molecule has 1 amide bonds. The molecular formula is C17H26N2O. The molecule has 1 fully saturated rings. The Hall–Kier alpha value is -1.35. The molecule has 1 aliphatic rings. The maximum absolute atomic E-state index is 12.3. The summed E-state index contributed by atoms with van der Waals surface area (Å²) in [6.07, 6.45) is 1.15.